The maximum absolute atomic E-state index is 12.4. The fourth-order valence-electron chi connectivity index (χ4n) is 3.34. The number of benzene rings is 1. The molecule has 4 heteroatoms. The summed E-state index contributed by atoms with van der Waals surface area (Å²) in [6, 6.07) is 10.9. The molecule has 0 radical (unpaired) electrons. The van der Waals surface area contributed by atoms with Gasteiger partial charge in [-0.1, -0.05) is 30.3 Å². The minimum atomic E-state index is 0.0501. The van der Waals surface area contributed by atoms with Gasteiger partial charge in [-0.3, -0.25) is 0 Å². The Labute approximate surface area is 132 Å². The van der Waals surface area contributed by atoms with Gasteiger partial charge in [0.2, 0.25) is 0 Å². The van der Waals surface area contributed by atoms with Crippen LogP contribution in [0.1, 0.15) is 37.7 Å². The van der Waals surface area contributed by atoms with E-state index in [2.05, 4.69) is 29.6 Å². The van der Waals surface area contributed by atoms with Gasteiger partial charge in [0.25, 0.3) is 0 Å². The van der Waals surface area contributed by atoms with E-state index in [1.165, 1.54) is 18.4 Å². The highest BCUT2D eigenvalue weighted by atomic mass is 16.5. The zero-order valence-corrected chi connectivity index (χ0v) is 13.4. The SMILES string of the molecule is CN(CC1(c2ccccc2)CC1)C(=O)N[C@H]1CCCOCC1. The molecule has 120 valence electrons. The molecule has 0 bridgehead atoms. The fraction of sp³-hybridized carbons (Fsp3) is 0.611. The third kappa shape index (κ3) is 3.61. The molecule has 0 unspecified atom stereocenters. The van der Waals surface area contributed by atoms with Crippen molar-refractivity contribution in [3.05, 3.63) is 35.9 Å². The molecular weight excluding hydrogens is 276 g/mol. The molecule has 22 heavy (non-hydrogen) atoms. The highest BCUT2D eigenvalue weighted by molar-refractivity contribution is 5.74. The monoisotopic (exact) mass is 302 g/mol. The predicted octanol–water partition coefficient (Wildman–Crippen LogP) is 2.93. The molecule has 4 nitrogen and oxygen atoms in total. The van der Waals surface area contributed by atoms with Gasteiger partial charge < -0.3 is 15.0 Å². The van der Waals surface area contributed by atoms with Crippen LogP contribution in [0, 0.1) is 0 Å². The Morgan fingerprint density at radius 1 is 1.27 bits per heavy atom. The van der Waals surface area contributed by atoms with Crippen LogP contribution in [0.5, 0.6) is 0 Å². The van der Waals surface area contributed by atoms with Crippen LogP contribution in [0.4, 0.5) is 4.79 Å². The van der Waals surface area contributed by atoms with Gasteiger partial charge in [-0.25, -0.2) is 4.79 Å². The van der Waals surface area contributed by atoms with E-state index < -0.39 is 0 Å². The maximum Gasteiger partial charge on any atom is 0.317 e. The van der Waals surface area contributed by atoms with E-state index in [9.17, 15) is 4.79 Å². The number of hydrogen-bond acceptors (Lipinski definition) is 2. The molecule has 1 N–H and O–H groups in total. The van der Waals surface area contributed by atoms with Crippen LogP contribution in [0.3, 0.4) is 0 Å². The smallest absolute Gasteiger partial charge is 0.317 e. The van der Waals surface area contributed by atoms with E-state index >= 15 is 0 Å². The molecule has 0 spiro atoms. The van der Waals surface area contributed by atoms with Crippen molar-refractivity contribution in [2.24, 2.45) is 0 Å². The molecule has 0 aromatic heterocycles. The van der Waals surface area contributed by atoms with Crippen LogP contribution in [-0.4, -0.2) is 43.8 Å². The number of nitrogens with zero attached hydrogens (tertiary/aromatic N) is 1. The van der Waals surface area contributed by atoms with Crippen molar-refractivity contribution < 1.29 is 9.53 Å². The summed E-state index contributed by atoms with van der Waals surface area (Å²) < 4.78 is 5.45. The first-order chi connectivity index (χ1) is 10.7. The Kier molecular flexibility index (Phi) is 4.67. The van der Waals surface area contributed by atoms with Gasteiger partial charge in [0, 0.05) is 38.3 Å². The van der Waals surface area contributed by atoms with Gasteiger partial charge in [0.15, 0.2) is 0 Å². The van der Waals surface area contributed by atoms with Crippen molar-refractivity contribution in [1.82, 2.24) is 10.2 Å². The van der Waals surface area contributed by atoms with Crippen LogP contribution in [0.15, 0.2) is 30.3 Å². The number of rotatable bonds is 4. The summed E-state index contributed by atoms with van der Waals surface area (Å²) in [5, 5.41) is 3.17. The van der Waals surface area contributed by atoms with Gasteiger partial charge in [-0.05, 0) is 37.7 Å². The third-order valence-electron chi connectivity index (χ3n) is 4.91. The molecule has 1 saturated carbocycles. The number of ether oxygens (including phenoxy) is 1. The number of amides is 2. The van der Waals surface area contributed by atoms with Crippen LogP contribution in [-0.2, 0) is 10.2 Å². The number of likely N-dealkylation sites (N-methyl/N-ethyl adjacent to an activating group) is 1. The molecule has 2 aliphatic rings. The Balaban J connectivity index is 1.55. The van der Waals surface area contributed by atoms with E-state index in [-0.39, 0.29) is 17.5 Å². The summed E-state index contributed by atoms with van der Waals surface area (Å²) in [7, 11) is 1.91. The van der Waals surface area contributed by atoms with E-state index in [4.69, 9.17) is 4.74 Å². The molecule has 1 aliphatic carbocycles. The van der Waals surface area contributed by atoms with Crippen molar-refractivity contribution in [2.75, 3.05) is 26.8 Å². The summed E-state index contributed by atoms with van der Waals surface area (Å²) >= 11 is 0. The Morgan fingerprint density at radius 3 is 2.77 bits per heavy atom. The van der Waals surface area contributed by atoms with Gasteiger partial charge in [0.05, 0.1) is 0 Å². The highest BCUT2D eigenvalue weighted by Crippen LogP contribution is 2.48. The normalized spacial score (nSPS) is 23.4. The van der Waals surface area contributed by atoms with Crippen LogP contribution < -0.4 is 5.32 Å². The van der Waals surface area contributed by atoms with Crippen molar-refractivity contribution in [2.45, 2.75) is 43.6 Å². The summed E-state index contributed by atoms with van der Waals surface area (Å²) in [4.78, 5) is 14.3. The molecule has 3 rings (SSSR count). The van der Waals surface area contributed by atoms with Crippen molar-refractivity contribution in [3.8, 4) is 0 Å². The lowest BCUT2D eigenvalue weighted by Crippen LogP contribution is -2.45. The first-order valence-corrected chi connectivity index (χ1v) is 8.35. The van der Waals surface area contributed by atoms with Gasteiger partial charge in [-0.2, -0.15) is 0 Å². The quantitative estimate of drug-likeness (QED) is 0.929. The third-order valence-corrected chi connectivity index (χ3v) is 4.91. The van der Waals surface area contributed by atoms with E-state index in [1.54, 1.807) is 0 Å². The first-order valence-electron chi connectivity index (χ1n) is 8.35. The van der Waals surface area contributed by atoms with E-state index in [0.717, 1.165) is 39.0 Å². The van der Waals surface area contributed by atoms with Gasteiger partial charge in [-0.15, -0.1) is 0 Å². The lowest BCUT2D eigenvalue weighted by atomic mass is 9.95. The molecule has 1 aromatic rings. The fourth-order valence-corrected chi connectivity index (χ4v) is 3.34. The van der Waals surface area contributed by atoms with Gasteiger partial charge >= 0.3 is 6.03 Å². The molecule has 2 amide bonds. The minimum absolute atomic E-state index is 0.0501. The van der Waals surface area contributed by atoms with Crippen molar-refractivity contribution >= 4 is 6.03 Å². The second kappa shape index (κ2) is 6.69. The average Bonchev–Trinajstić information content (AvgIpc) is 3.34. The summed E-state index contributed by atoms with van der Waals surface area (Å²) in [6.07, 6.45) is 5.31. The van der Waals surface area contributed by atoms with Crippen molar-refractivity contribution in [1.29, 1.82) is 0 Å². The van der Waals surface area contributed by atoms with Crippen molar-refractivity contribution in [3.63, 3.8) is 0 Å². The molecule has 1 aromatic carbocycles. The Hall–Kier alpha value is -1.55. The molecule has 2 fully saturated rings. The van der Waals surface area contributed by atoms with Gasteiger partial charge in [0.1, 0.15) is 0 Å². The summed E-state index contributed by atoms with van der Waals surface area (Å²) in [5.41, 5.74) is 1.54. The Morgan fingerprint density at radius 2 is 2.05 bits per heavy atom. The summed E-state index contributed by atoms with van der Waals surface area (Å²) in [6.45, 7) is 2.37. The maximum atomic E-state index is 12.4. The second-order valence-corrected chi connectivity index (χ2v) is 6.69. The number of hydrogen-bond donors (Lipinski definition) is 1. The number of carbonyl (C=O) groups is 1. The Bertz CT molecular complexity index is 491. The molecular formula is C18H26N2O2. The zero-order chi connectivity index (χ0) is 15.4. The molecule has 1 atom stereocenters. The second-order valence-electron chi connectivity index (χ2n) is 6.69. The summed E-state index contributed by atoms with van der Waals surface area (Å²) in [5.74, 6) is 0. The molecule has 1 aliphatic heterocycles. The van der Waals surface area contributed by atoms with Crippen LogP contribution >= 0.6 is 0 Å². The highest BCUT2D eigenvalue weighted by Gasteiger charge is 2.45. The molecule has 1 heterocycles. The van der Waals surface area contributed by atoms with Crippen LogP contribution in [0.25, 0.3) is 0 Å². The number of urea groups is 1. The zero-order valence-electron chi connectivity index (χ0n) is 13.4. The first kappa shape index (κ1) is 15.3. The minimum Gasteiger partial charge on any atom is -0.381 e. The van der Waals surface area contributed by atoms with Crippen LogP contribution in [0.2, 0.25) is 0 Å². The number of nitrogens with one attached hydrogen (secondary N) is 1. The largest absolute Gasteiger partial charge is 0.381 e. The average molecular weight is 302 g/mol. The number of carbonyl (C=O) groups excluding carboxylic acids is 1. The standard InChI is InChI=1S/C18H26N2O2/c1-20(17(21)19-16-8-5-12-22-13-9-16)14-18(10-11-18)15-6-3-2-4-7-15/h2-4,6-7,16H,5,8-14H2,1H3,(H,19,21)/t16-/m0/s1. The van der Waals surface area contributed by atoms with E-state index in [0.29, 0.717) is 0 Å². The lowest BCUT2D eigenvalue weighted by molar-refractivity contribution is 0.142. The lowest BCUT2D eigenvalue weighted by Gasteiger charge is -2.26. The topological polar surface area (TPSA) is 41.6 Å². The van der Waals surface area contributed by atoms with E-state index in [1.807, 2.05) is 18.0 Å². The molecule has 1 saturated heterocycles. The predicted molar refractivity (Wildman–Crippen MR) is 87.0 cm³/mol.